The quantitative estimate of drug-likeness (QED) is 0.318. The van der Waals surface area contributed by atoms with Crippen molar-refractivity contribution < 1.29 is 29.0 Å². The molecule has 2 N–H and O–H groups in total. The summed E-state index contributed by atoms with van der Waals surface area (Å²) in [6.07, 6.45) is 1.49. The minimum Gasteiger partial charge on any atom is -0.508 e. The van der Waals surface area contributed by atoms with Crippen molar-refractivity contribution in [1.82, 2.24) is 14.9 Å². The van der Waals surface area contributed by atoms with Crippen molar-refractivity contribution in [2.24, 2.45) is 11.8 Å². The molecule has 0 spiro atoms. The van der Waals surface area contributed by atoms with Gasteiger partial charge in [-0.2, -0.15) is 0 Å². The molecule has 2 aliphatic heterocycles. The van der Waals surface area contributed by atoms with E-state index in [1.165, 1.54) is 35.3 Å². The SMILES string of the molecule is Cc1c(F)cccc1C1[C@@H](C(=O)c2cccc(O)c2)CN(C2CCN(N(C)C=O)C2)C[C@@H]1C(=O)c1cccc(O)c1. The highest BCUT2D eigenvalue weighted by atomic mass is 19.1. The summed E-state index contributed by atoms with van der Waals surface area (Å²) in [5, 5.41) is 23.7. The Morgan fingerprint density at radius 2 is 1.46 bits per heavy atom. The number of carbonyl (C=O) groups excluding carboxylic acids is 3. The molecule has 3 aromatic carbocycles. The van der Waals surface area contributed by atoms with Crippen molar-refractivity contribution in [2.45, 2.75) is 25.3 Å². The Hall–Kier alpha value is -4.08. The molecule has 0 aromatic heterocycles. The van der Waals surface area contributed by atoms with Crippen molar-refractivity contribution >= 4 is 18.0 Å². The first-order chi connectivity index (χ1) is 19.7. The average molecular weight is 560 g/mol. The van der Waals surface area contributed by atoms with E-state index in [0.29, 0.717) is 48.4 Å². The van der Waals surface area contributed by atoms with Gasteiger partial charge in [-0.1, -0.05) is 36.4 Å². The summed E-state index contributed by atoms with van der Waals surface area (Å²) in [6.45, 7) is 3.51. The van der Waals surface area contributed by atoms with Gasteiger partial charge in [-0.15, -0.1) is 0 Å². The van der Waals surface area contributed by atoms with E-state index in [1.807, 2.05) is 5.01 Å². The van der Waals surface area contributed by atoms with Crippen LogP contribution in [0.1, 0.15) is 44.2 Å². The highest BCUT2D eigenvalue weighted by molar-refractivity contribution is 6.02. The number of phenolic OH excluding ortho intramolecular Hbond substituents is 2. The van der Waals surface area contributed by atoms with E-state index < -0.39 is 23.6 Å². The van der Waals surface area contributed by atoms with Crippen LogP contribution in [0, 0.1) is 24.6 Å². The molecule has 5 rings (SSSR count). The number of halogens is 1. The fourth-order valence-corrected chi connectivity index (χ4v) is 6.42. The third-order valence-electron chi connectivity index (χ3n) is 8.59. The zero-order valence-electron chi connectivity index (χ0n) is 23.1. The van der Waals surface area contributed by atoms with Gasteiger partial charge in [0.1, 0.15) is 17.3 Å². The van der Waals surface area contributed by atoms with E-state index in [1.54, 1.807) is 50.4 Å². The number of amides is 1. The lowest BCUT2D eigenvalue weighted by Gasteiger charge is -2.45. The van der Waals surface area contributed by atoms with Crippen LogP contribution >= 0.6 is 0 Å². The molecule has 0 aliphatic carbocycles. The maximum Gasteiger partial charge on any atom is 0.223 e. The van der Waals surface area contributed by atoms with E-state index in [-0.39, 0.29) is 29.1 Å². The second-order valence-electron chi connectivity index (χ2n) is 11.0. The van der Waals surface area contributed by atoms with Crippen LogP contribution in [0.4, 0.5) is 4.39 Å². The van der Waals surface area contributed by atoms with Crippen molar-refractivity contribution in [1.29, 1.82) is 0 Å². The maximum absolute atomic E-state index is 14.9. The van der Waals surface area contributed by atoms with Gasteiger partial charge in [0.2, 0.25) is 6.41 Å². The third-order valence-corrected chi connectivity index (χ3v) is 8.59. The molecule has 0 bridgehead atoms. The molecule has 2 fully saturated rings. The topological polar surface area (TPSA) is 101 Å². The van der Waals surface area contributed by atoms with Crippen LogP contribution in [-0.4, -0.2) is 82.4 Å². The van der Waals surface area contributed by atoms with E-state index >= 15 is 0 Å². The highest BCUT2D eigenvalue weighted by Crippen LogP contribution is 2.43. The van der Waals surface area contributed by atoms with Gasteiger partial charge in [0, 0.05) is 68.1 Å². The molecule has 214 valence electrons. The number of nitrogens with zero attached hydrogens (tertiary/aromatic N) is 3. The third kappa shape index (κ3) is 5.73. The minimum atomic E-state index is -0.727. The molecule has 0 saturated carbocycles. The lowest BCUT2D eigenvalue weighted by atomic mass is 9.67. The van der Waals surface area contributed by atoms with Gasteiger partial charge in [0.25, 0.3) is 0 Å². The Labute approximate surface area is 238 Å². The van der Waals surface area contributed by atoms with Crippen LogP contribution in [0.5, 0.6) is 11.5 Å². The standard InChI is InChI=1S/C32H34FN3O5/c1-20-26(10-5-11-29(20)33)30-27(31(40)21-6-3-8-24(38)14-21)17-35(23-12-13-36(16-23)34(2)19-37)18-28(30)32(41)22-7-4-9-25(39)15-22/h3-11,14-15,19,23,27-28,30,38-39H,12-13,16-18H2,1-2H3/t23?,27-,28-/m0/s1. The molecular formula is C32H34FN3O5. The number of phenols is 2. The normalized spacial score (nSPS) is 22.0. The molecule has 8 nitrogen and oxygen atoms in total. The number of ketones is 2. The Balaban J connectivity index is 1.62. The molecule has 41 heavy (non-hydrogen) atoms. The van der Waals surface area contributed by atoms with Crippen molar-refractivity contribution in [2.75, 3.05) is 33.2 Å². The maximum atomic E-state index is 14.9. The first kappa shape index (κ1) is 28.4. The predicted octanol–water partition coefficient (Wildman–Crippen LogP) is 4.02. The summed E-state index contributed by atoms with van der Waals surface area (Å²) in [6, 6.07) is 17.0. The number of hydrogen-bond acceptors (Lipinski definition) is 7. The number of benzene rings is 3. The van der Waals surface area contributed by atoms with Crippen molar-refractivity contribution in [3.63, 3.8) is 0 Å². The Bertz CT molecular complexity index is 1400. The smallest absolute Gasteiger partial charge is 0.223 e. The van der Waals surface area contributed by atoms with E-state index in [9.17, 15) is 29.0 Å². The average Bonchev–Trinajstić information content (AvgIpc) is 3.47. The Morgan fingerprint density at radius 3 is 2.00 bits per heavy atom. The zero-order valence-corrected chi connectivity index (χ0v) is 23.1. The summed E-state index contributed by atoms with van der Waals surface area (Å²) >= 11 is 0. The van der Waals surface area contributed by atoms with Crippen molar-refractivity contribution in [3.05, 3.63) is 94.8 Å². The number of hydrogen-bond donors (Lipinski definition) is 2. The molecule has 2 saturated heterocycles. The summed E-state index contributed by atoms with van der Waals surface area (Å²) in [5.41, 5.74) is 1.60. The first-order valence-electron chi connectivity index (χ1n) is 13.8. The van der Waals surface area contributed by atoms with Gasteiger partial charge in [-0.3, -0.25) is 24.3 Å². The molecule has 0 radical (unpaired) electrons. The first-order valence-corrected chi connectivity index (χ1v) is 13.8. The minimum absolute atomic E-state index is 0.0223. The van der Waals surface area contributed by atoms with Gasteiger partial charge >= 0.3 is 0 Å². The lowest BCUT2D eigenvalue weighted by Crippen LogP contribution is -2.54. The number of carbonyl (C=O) groups is 3. The van der Waals surface area contributed by atoms with E-state index in [4.69, 9.17) is 0 Å². The Morgan fingerprint density at radius 1 is 0.902 bits per heavy atom. The molecule has 1 amide bonds. The van der Waals surface area contributed by atoms with Crippen molar-refractivity contribution in [3.8, 4) is 11.5 Å². The number of piperidine rings is 1. The van der Waals surface area contributed by atoms with Crippen LogP contribution < -0.4 is 0 Å². The summed E-state index contributed by atoms with van der Waals surface area (Å²) in [7, 11) is 1.69. The summed E-state index contributed by atoms with van der Waals surface area (Å²) in [5.74, 6) is -3.09. The van der Waals surface area contributed by atoms with Crippen LogP contribution in [0.15, 0.2) is 66.7 Å². The molecular weight excluding hydrogens is 525 g/mol. The monoisotopic (exact) mass is 559 g/mol. The largest absolute Gasteiger partial charge is 0.508 e. The molecule has 3 aromatic rings. The van der Waals surface area contributed by atoms with E-state index in [0.717, 1.165) is 12.8 Å². The molecule has 2 heterocycles. The number of hydrazine groups is 1. The number of likely N-dealkylation sites (tertiary alicyclic amines) is 1. The fraction of sp³-hybridized carbons (Fsp3) is 0.344. The van der Waals surface area contributed by atoms with Gasteiger partial charge in [0.15, 0.2) is 11.6 Å². The van der Waals surface area contributed by atoms with Gasteiger partial charge in [-0.05, 0) is 54.8 Å². The molecule has 2 aliphatic rings. The van der Waals surface area contributed by atoms with Crippen LogP contribution in [0.25, 0.3) is 0 Å². The molecule has 9 heteroatoms. The second-order valence-corrected chi connectivity index (χ2v) is 11.0. The number of rotatable bonds is 8. The molecule has 3 atom stereocenters. The molecule has 1 unspecified atom stereocenters. The Kier molecular flexibility index (Phi) is 8.19. The fourth-order valence-electron chi connectivity index (χ4n) is 6.42. The summed E-state index contributed by atoms with van der Waals surface area (Å²) in [4.78, 5) is 42.0. The van der Waals surface area contributed by atoms with Crippen LogP contribution in [-0.2, 0) is 4.79 Å². The van der Waals surface area contributed by atoms with E-state index in [2.05, 4.69) is 4.90 Å². The van der Waals surface area contributed by atoms with Gasteiger partial charge < -0.3 is 10.2 Å². The lowest BCUT2D eigenvalue weighted by molar-refractivity contribution is -0.129. The van der Waals surface area contributed by atoms with Gasteiger partial charge in [0.05, 0.1) is 0 Å². The number of aromatic hydroxyl groups is 2. The van der Waals surface area contributed by atoms with Crippen LogP contribution in [0.2, 0.25) is 0 Å². The summed E-state index contributed by atoms with van der Waals surface area (Å²) < 4.78 is 14.9. The van der Waals surface area contributed by atoms with Gasteiger partial charge in [-0.25, -0.2) is 9.40 Å². The number of Topliss-reactive ketones (excluding diaryl/α,β-unsaturated/α-hetero) is 2. The highest BCUT2D eigenvalue weighted by Gasteiger charge is 2.47. The zero-order chi connectivity index (χ0) is 29.3. The second kappa shape index (κ2) is 11.8. The predicted molar refractivity (Wildman–Crippen MR) is 151 cm³/mol. The van der Waals surface area contributed by atoms with Crippen LogP contribution in [0.3, 0.4) is 0 Å².